The molecule has 110 valence electrons. The van der Waals surface area contributed by atoms with Crippen LogP contribution < -0.4 is 0 Å². The summed E-state index contributed by atoms with van der Waals surface area (Å²) in [5.41, 5.74) is 4.80. The Morgan fingerprint density at radius 3 is 2.04 bits per heavy atom. The van der Waals surface area contributed by atoms with Crippen LogP contribution in [0.5, 0.6) is 0 Å². The van der Waals surface area contributed by atoms with Gasteiger partial charge in [0.15, 0.2) is 0 Å². The van der Waals surface area contributed by atoms with E-state index in [0.29, 0.717) is 0 Å². The van der Waals surface area contributed by atoms with Crippen LogP contribution in [0.25, 0.3) is 33.0 Å². The number of hydrogen-bond acceptors (Lipinski definition) is 0. The van der Waals surface area contributed by atoms with Crippen LogP contribution in [0.4, 0.5) is 0 Å². The van der Waals surface area contributed by atoms with Crippen molar-refractivity contribution in [2.45, 2.75) is 0 Å². The maximum absolute atomic E-state index is 6.13. The first-order valence-corrected chi connectivity index (χ1v) is 8.03. The highest BCUT2D eigenvalue weighted by molar-refractivity contribution is 6.30. The molecule has 0 bridgehead atoms. The standard InChI is InChI=1S/C22H15Cl/c23-20-11-4-9-18(15-20)17-8-3-10-19(14-17)22-13-5-7-16-6-1-2-12-21(16)22/h1-15H. The van der Waals surface area contributed by atoms with Crippen LogP contribution in [0.1, 0.15) is 0 Å². The highest BCUT2D eigenvalue weighted by Crippen LogP contribution is 2.32. The summed E-state index contributed by atoms with van der Waals surface area (Å²) in [5, 5.41) is 3.30. The Bertz CT molecular complexity index is 980. The second-order valence-electron chi connectivity index (χ2n) is 5.62. The van der Waals surface area contributed by atoms with Gasteiger partial charge in [-0.1, -0.05) is 84.4 Å². The van der Waals surface area contributed by atoms with E-state index in [1.165, 1.54) is 27.5 Å². The molecule has 0 aromatic heterocycles. The summed E-state index contributed by atoms with van der Waals surface area (Å²) in [4.78, 5) is 0. The Hall–Kier alpha value is -2.57. The molecule has 4 rings (SSSR count). The van der Waals surface area contributed by atoms with Crippen LogP contribution in [-0.4, -0.2) is 0 Å². The van der Waals surface area contributed by atoms with Crippen LogP contribution in [0.3, 0.4) is 0 Å². The van der Waals surface area contributed by atoms with E-state index in [1.807, 2.05) is 18.2 Å². The summed E-state index contributed by atoms with van der Waals surface area (Å²) in [7, 11) is 0. The molecule has 0 fully saturated rings. The van der Waals surface area contributed by atoms with Crippen molar-refractivity contribution < 1.29 is 0 Å². The number of benzene rings is 4. The number of halogens is 1. The van der Waals surface area contributed by atoms with Gasteiger partial charge in [0.25, 0.3) is 0 Å². The van der Waals surface area contributed by atoms with E-state index in [4.69, 9.17) is 11.6 Å². The van der Waals surface area contributed by atoms with Crippen LogP contribution in [0.2, 0.25) is 5.02 Å². The second kappa shape index (κ2) is 5.91. The quantitative estimate of drug-likeness (QED) is 0.380. The Morgan fingerprint density at radius 1 is 0.522 bits per heavy atom. The topological polar surface area (TPSA) is 0 Å². The van der Waals surface area contributed by atoms with Gasteiger partial charge >= 0.3 is 0 Å². The van der Waals surface area contributed by atoms with Gasteiger partial charge in [-0.25, -0.2) is 0 Å². The molecule has 4 aromatic carbocycles. The molecule has 0 nitrogen and oxygen atoms in total. The number of rotatable bonds is 2. The van der Waals surface area contributed by atoms with Crippen molar-refractivity contribution in [3.63, 3.8) is 0 Å². The summed E-state index contributed by atoms with van der Waals surface area (Å²) < 4.78 is 0. The first-order valence-electron chi connectivity index (χ1n) is 7.65. The maximum atomic E-state index is 6.13. The molecule has 0 aliphatic rings. The van der Waals surface area contributed by atoms with E-state index in [0.717, 1.165) is 10.6 Å². The SMILES string of the molecule is Clc1cccc(-c2cccc(-c3cccc4ccccc34)c2)c1. The van der Waals surface area contributed by atoms with Gasteiger partial charge in [0.1, 0.15) is 0 Å². The molecule has 0 unspecified atom stereocenters. The fraction of sp³-hybridized carbons (Fsp3) is 0. The molecule has 0 aliphatic carbocycles. The van der Waals surface area contributed by atoms with E-state index >= 15 is 0 Å². The van der Waals surface area contributed by atoms with E-state index in [9.17, 15) is 0 Å². The van der Waals surface area contributed by atoms with Crippen LogP contribution in [0, 0.1) is 0 Å². The minimum Gasteiger partial charge on any atom is -0.0843 e. The first-order chi connectivity index (χ1) is 11.3. The van der Waals surface area contributed by atoms with Gasteiger partial charge in [-0.15, -0.1) is 0 Å². The maximum Gasteiger partial charge on any atom is 0.0412 e. The smallest absolute Gasteiger partial charge is 0.0412 e. The first kappa shape index (κ1) is 14.0. The van der Waals surface area contributed by atoms with E-state index < -0.39 is 0 Å². The molecule has 0 heterocycles. The number of hydrogen-bond donors (Lipinski definition) is 0. The van der Waals surface area contributed by atoms with Crippen LogP contribution in [-0.2, 0) is 0 Å². The zero-order valence-electron chi connectivity index (χ0n) is 12.5. The lowest BCUT2D eigenvalue weighted by Gasteiger charge is -2.09. The van der Waals surface area contributed by atoms with Gasteiger partial charge in [0.2, 0.25) is 0 Å². The van der Waals surface area contributed by atoms with Gasteiger partial charge in [-0.3, -0.25) is 0 Å². The molecule has 0 amide bonds. The predicted molar refractivity (Wildman–Crippen MR) is 99.8 cm³/mol. The molecule has 0 saturated carbocycles. The van der Waals surface area contributed by atoms with Crippen molar-refractivity contribution in [2.75, 3.05) is 0 Å². The van der Waals surface area contributed by atoms with E-state index in [-0.39, 0.29) is 0 Å². The average Bonchev–Trinajstić information content (AvgIpc) is 2.61. The molecule has 0 aliphatic heterocycles. The molecular formula is C22H15Cl. The minimum atomic E-state index is 0.762. The minimum absolute atomic E-state index is 0.762. The predicted octanol–water partition coefficient (Wildman–Crippen LogP) is 6.83. The van der Waals surface area contributed by atoms with Gasteiger partial charge in [0, 0.05) is 5.02 Å². The molecule has 0 spiro atoms. The lowest BCUT2D eigenvalue weighted by Crippen LogP contribution is -1.83. The molecule has 0 N–H and O–H groups in total. The third-order valence-electron chi connectivity index (χ3n) is 4.12. The summed E-state index contributed by atoms with van der Waals surface area (Å²) in [6.07, 6.45) is 0. The van der Waals surface area contributed by atoms with Gasteiger partial charge in [-0.2, -0.15) is 0 Å². The Labute approximate surface area is 141 Å². The molecule has 0 atom stereocenters. The normalized spacial score (nSPS) is 10.8. The lowest BCUT2D eigenvalue weighted by atomic mass is 9.95. The third kappa shape index (κ3) is 2.74. The molecule has 4 aromatic rings. The zero-order valence-corrected chi connectivity index (χ0v) is 13.3. The molecule has 1 heteroatoms. The monoisotopic (exact) mass is 314 g/mol. The van der Waals surface area contributed by atoms with Crippen molar-refractivity contribution in [2.24, 2.45) is 0 Å². The van der Waals surface area contributed by atoms with Crippen LogP contribution in [0.15, 0.2) is 91.0 Å². The second-order valence-corrected chi connectivity index (χ2v) is 6.05. The summed E-state index contributed by atoms with van der Waals surface area (Å²) in [6.45, 7) is 0. The van der Waals surface area contributed by atoms with Gasteiger partial charge in [-0.05, 0) is 51.2 Å². The number of fused-ring (bicyclic) bond motifs is 1. The van der Waals surface area contributed by atoms with Crippen molar-refractivity contribution in [3.8, 4) is 22.3 Å². The third-order valence-corrected chi connectivity index (χ3v) is 4.36. The fourth-order valence-electron chi connectivity index (χ4n) is 3.01. The fourth-order valence-corrected chi connectivity index (χ4v) is 3.20. The molecule has 0 radical (unpaired) electrons. The van der Waals surface area contributed by atoms with Crippen molar-refractivity contribution in [3.05, 3.63) is 96.0 Å². The summed E-state index contributed by atoms with van der Waals surface area (Å²) >= 11 is 6.13. The molecular weight excluding hydrogens is 300 g/mol. The Kier molecular flexibility index (Phi) is 3.61. The van der Waals surface area contributed by atoms with E-state index in [2.05, 4.69) is 72.8 Å². The summed E-state index contributed by atoms with van der Waals surface area (Å²) in [5.74, 6) is 0. The molecule has 0 saturated heterocycles. The average molecular weight is 315 g/mol. The molecule has 23 heavy (non-hydrogen) atoms. The lowest BCUT2D eigenvalue weighted by molar-refractivity contribution is 1.60. The highest BCUT2D eigenvalue weighted by atomic mass is 35.5. The van der Waals surface area contributed by atoms with E-state index in [1.54, 1.807) is 0 Å². The highest BCUT2D eigenvalue weighted by Gasteiger charge is 2.05. The van der Waals surface area contributed by atoms with Crippen LogP contribution >= 0.6 is 11.6 Å². The Balaban J connectivity index is 1.88. The van der Waals surface area contributed by atoms with Crippen molar-refractivity contribution in [1.82, 2.24) is 0 Å². The summed E-state index contributed by atoms with van der Waals surface area (Å²) in [6, 6.07) is 31.6. The van der Waals surface area contributed by atoms with Gasteiger partial charge in [0.05, 0.1) is 0 Å². The zero-order chi connectivity index (χ0) is 15.6. The van der Waals surface area contributed by atoms with Crippen molar-refractivity contribution >= 4 is 22.4 Å². The van der Waals surface area contributed by atoms with Gasteiger partial charge < -0.3 is 0 Å². The largest absolute Gasteiger partial charge is 0.0843 e. The van der Waals surface area contributed by atoms with Crippen molar-refractivity contribution in [1.29, 1.82) is 0 Å². The Morgan fingerprint density at radius 2 is 1.17 bits per heavy atom.